The summed E-state index contributed by atoms with van der Waals surface area (Å²) < 4.78 is 0. The molecule has 2 aromatic rings. The van der Waals surface area contributed by atoms with Gasteiger partial charge in [-0.05, 0) is 55.2 Å². The summed E-state index contributed by atoms with van der Waals surface area (Å²) in [5.74, 6) is 0.597. The predicted octanol–water partition coefficient (Wildman–Crippen LogP) is 4.34. The number of amides is 4. The van der Waals surface area contributed by atoms with E-state index in [1.165, 1.54) is 30.6 Å². The van der Waals surface area contributed by atoms with Gasteiger partial charge >= 0.3 is 6.03 Å². The molecule has 35 heavy (non-hydrogen) atoms. The van der Waals surface area contributed by atoms with Gasteiger partial charge in [-0.15, -0.1) is 11.3 Å². The van der Waals surface area contributed by atoms with Gasteiger partial charge in [-0.1, -0.05) is 37.8 Å². The summed E-state index contributed by atoms with van der Waals surface area (Å²) in [4.78, 5) is 48.8. The van der Waals surface area contributed by atoms with Gasteiger partial charge < -0.3 is 10.2 Å². The summed E-state index contributed by atoms with van der Waals surface area (Å²) in [5.41, 5.74) is -0.588. The quantitative estimate of drug-likeness (QED) is 0.554. The molecule has 5 rings (SSSR count). The highest BCUT2D eigenvalue weighted by molar-refractivity contribution is 7.09. The lowest BCUT2D eigenvalue weighted by atomic mass is 9.75. The van der Waals surface area contributed by atoms with Crippen molar-refractivity contribution in [1.82, 2.24) is 20.1 Å². The number of nitrogens with one attached hydrogen (secondary N) is 1. The highest BCUT2D eigenvalue weighted by Gasteiger charge is 2.58. The molecule has 1 aliphatic carbocycles. The standard InChI is InChI=1S/C27H34N4O3S/c32-24(11-10-20-6-1-2-7-20)30-16-12-21(13-17-30)27(23-9-3-4-15-28-23)25(33)31(26(34)29-27)18-14-22-8-5-19-35-22/h3-5,8-9,15,19-21H,1-2,6-7,10-14,16-18H2,(H,29,34)/t27-/m1/s1. The topological polar surface area (TPSA) is 82.6 Å². The molecule has 186 valence electrons. The van der Waals surface area contributed by atoms with Crippen molar-refractivity contribution in [2.75, 3.05) is 19.6 Å². The Labute approximate surface area is 210 Å². The van der Waals surface area contributed by atoms with E-state index in [0.717, 1.165) is 11.3 Å². The van der Waals surface area contributed by atoms with Gasteiger partial charge in [-0.25, -0.2) is 4.79 Å². The first-order valence-corrected chi connectivity index (χ1v) is 13.8. The number of pyridine rings is 1. The molecule has 2 aliphatic heterocycles. The van der Waals surface area contributed by atoms with Gasteiger partial charge in [0.1, 0.15) is 0 Å². The minimum absolute atomic E-state index is 0.112. The predicted molar refractivity (Wildman–Crippen MR) is 135 cm³/mol. The Kier molecular flexibility index (Phi) is 7.18. The van der Waals surface area contributed by atoms with Crippen LogP contribution in [0.4, 0.5) is 4.79 Å². The van der Waals surface area contributed by atoms with Crippen molar-refractivity contribution in [2.45, 2.75) is 63.3 Å². The van der Waals surface area contributed by atoms with Crippen LogP contribution in [0.5, 0.6) is 0 Å². The van der Waals surface area contributed by atoms with Gasteiger partial charge in [0.15, 0.2) is 5.54 Å². The van der Waals surface area contributed by atoms with Gasteiger partial charge in [0.2, 0.25) is 5.91 Å². The normalized spacial score (nSPS) is 23.8. The molecule has 3 aliphatic rings. The van der Waals surface area contributed by atoms with E-state index in [4.69, 9.17) is 0 Å². The zero-order valence-electron chi connectivity index (χ0n) is 20.2. The third kappa shape index (κ3) is 4.85. The second kappa shape index (κ2) is 10.5. The molecular formula is C27H34N4O3S. The van der Waals surface area contributed by atoms with Crippen molar-refractivity contribution in [1.29, 1.82) is 0 Å². The minimum Gasteiger partial charge on any atom is -0.343 e. The van der Waals surface area contributed by atoms with Crippen molar-refractivity contribution in [3.05, 3.63) is 52.5 Å². The van der Waals surface area contributed by atoms with Crippen LogP contribution < -0.4 is 5.32 Å². The second-order valence-electron chi connectivity index (χ2n) is 10.1. The summed E-state index contributed by atoms with van der Waals surface area (Å²) in [5, 5.41) is 5.07. The summed E-state index contributed by atoms with van der Waals surface area (Å²) in [6.07, 6.45) is 10.4. The fraction of sp³-hybridized carbons (Fsp3) is 0.556. The van der Waals surface area contributed by atoms with Crippen LogP contribution in [0, 0.1) is 11.8 Å². The van der Waals surface area contributed by atoms with Crippen molar-refractivity contribution >= 4 is 29.2 Å². The fourth-order valence-electron chi connectivity index (χ4n) is 6.08. The Balaban J connectivity index is 1.29. The van der Waals surface area contributed by atoms with Crippen LogP contribution >= 0.6 is 11.3 Å². The van der Waals surface area contributed by atoms with E-state index in [1.807, 2.05) is 40.6 Å². The molecular weight excluding hydrogens is 460 g/mol. The number of carbonyl (C=O) groups is 3. The molecule has 3 fully saturated rings. The van der Waals surface area contributed by atoms with E-state index in [2.05, 4.69) is 10.3 Å². The number of piperidine rings is 1. The largest absolute Gasteiger partial charge is 0.343 e. The molecule has 2 aromatic heterocycles. The van der Waals surface area contributed by atoms with Crippen LogP contribution in [0.2, 0.25) is 0 Å². The number of hydrogen-bond donors (Lipinski definition) is 1. The Morgan fingerprint density at radius 3 is 2.57 bits per heavy atom. The molecule has 1 N–H and O–H groups in total. The van der Waals surface area contributed by atoms with Gasteiger partial charge in [0.05, 0.1) is 5.69 Å². The molecule has 4 amide bonds. The Morgan fingerprint density at radius 2 is 1.89 bits per heavy atom. The molecule has 0 radical (unpaired) electrons. The van der Waals surface area contributed by atoms with Crippen molar-refractivity contribution in [2.24, 2.45) is 11.8 Å². The third-order valence-electron chi connectivity index (χ3n) is 8.06. The van der Waals surface area contributed by atoms with E-state index in [0.29, 0.717) is 56.9 Å². The fourth-order valence-corrected chi connectivity index (χ4v) is 6.77. The van der Waals surface area contributed by atoms with Crippen LogP contribution in [0.25, 0.3) is 0 Å². The molecule has 1 saturated carbocycles. The summed E-state index contributed by atoms with van der Waals surface area (Å²) in [7, 11) is 0. The number of aromatic nitrogens is 1. The number of urea groups is 1. The number of imide groups is 1. The number of carbonyl (C=O) groups excluding carboxylic acids is 3. The molecule has 2 saturated heterocycles. The molecule has 8 heteroatoms. The lowest BCUT2D eigenvalue weighted by Gasteiger charge is -2.40. The summed E-state index contributed by atoms with van der Waals surface area (Å²) in [6, 6.07) is 9.16. The maximum absolute atomic E-state index is 13.9. The van der Waals surface area contributed by atoms with E-state index in [1.54, 1.807) is 17.5 Å². The van der Waals surface area contributed by atoms with Crippen molar-refractivity contribution in [3.8, 4) is 0 Å². The van der Waals surface area contributed by atoms with E-state index in [9.17, 15) is 14.4 Å². The Bertz CT molecular complexity index is 1030. The first-order valence-electron chi connectivity index (χ1n) is 12.9. The molecule has 0 aromatic carbocycles. The molecule has 0 unspecified atom stereocenters. The summed E-state index contributed by atoms with van der Waals surface area (Å²) in [6.45, 7) is 1.57. The van der Waals surface area contributed by atoms with Crippen molar-refractivity contribution < 1.29 is 14.4 Å². The number of nitrogens with zero attached hydrogens (tertiary/aromatic N) is 3. The number of thiophene rings is 1. The third-order valence-corrected chi connectivity index (χ3v) is 9.00. The maximum Gasteiger partial charge on any atom is 0.325 e. The lowest BCUT2D eigenvalue weighted by molar-refractivity contribution is -0.136. The smallest absolute Gasteiger partial charge is 0.325 e. The first kappa shape index (κ1) is 24.0. The zero-order valence-corrected chi connectivity index (χ0v) is 21.0. The van der Waals surface area contributed by atoms with Gasteiger partial charge in [-0.2, -0.15) is 0 Å². The highest BCUT2D eigenvalue weighted by Crippen LogP contribution is 2.41. The van der Waals surface area contributed by atoms with E-state index < -0.39 is 5.54 Å². The van der Waals surface area contributed by atoms with Crippen LogP contribution in [0.3, 0.4) is 0 Å². The van der Waals surface area contributed by atoms with Crippen molar-refractivity contribution in [3.63, 3.8) is 0 Å². The maximum atomic E-state index is 13.9. The average Bonchev–Trinajstić information content (AvgIpc) is 3.65. The molecule has 0 bridgehead atoms. The van der Waals surface area contributed by atoms with Gasteiger partial charge in [0, 0.05) is 43.0 Å². The SMILES string of the molecule is O=C(CCC1CCCC1)N1CCC([C@]2(c3ccccn3)NC(=O)N(CCc3cccs3)C2=O)CC1. The molecule has 1 atom stereocenters. The Morgan fingerprint density at radius 1 is 1.09 bits per heavy atom. The molecule has 7 nitrogen and oxygen atoms in total. The molecule has 0 spiro atoms. The number of hydrogen-bond acceptors (Lipinski definition) is 5. The monoisotopic (exact) mass is 494 g/mol. The van der Waals surface area contributed by atoms with Crippen LogP contribution in [0.15, 0.2) is 41.9 Å². The number of rotatable bonds is 8. The average molecular weight is 495 g/mol. The Hall–Kier alpha value is -2.74. The van der Waals surface area contributed by atoms with E-state index >= 15 is 0 Å². The van der Waals surface area contributed by atoms with Crippen LogP contribution in [-0.2, 0) is 21.5 Å². The number of likely N-dealkylation sites (tertiary alicyclic amines) is 1. The van der Waals surface area contributed by atoms with Gasteiger partial charge in [0.25, 0.3) is 5.91 Å². The molecule has 4 heterocycles. The first-order chi connectivity index (χ1) is 17.1. The zero-order chi connectivity index (χ0) is 24.3. The van der Waals surface area contributed by atoms with Crippen LogP contribution in [-0.4, -0.2) is 52.3 Å². The second-order valence-corrected chi connectivity index (χ2v) is 11.1. The lowest BCUT2D eigenvalue weighted by Crippen LogP contribution is -2.54. The van der Waals surface area contributed by atoms with Crippen LogP contribution in [0.1, 0.15) is 61.9 Å². The van der Waals surface area contributed by atoms with E-state index in [-0.39, 0.29) is 23.8 Å². The van der Waals surface area contributed by atoms with Gasteiger partial charge in [-0.3, -0.25) is 19.5 Å². The summed E-state index contributed by atoms with van der Waals surface area (Å²) >= 11 is 1.63. The minimum atomic E-state index is -1.17. The highest BCUT2D eigenvalue weighted by atomic mass is 32.1.